The van der Waals surface area contributed by atoms with E-state index in [0.29, 0.717) is 0 Å². The molecule has 0 radical (unpaired) electrons. The summed E-state index contributed by atoms with van der Waals surface area (Å²) in [6.45, 7) is 0.961. The molecule has 0 aliphatic carbocycles. The first-order valence-electron chi connectivity index (χ1n) is 5.69. The third-order valence-electron chi connectivity index (χ3n) is 2.42. The molecule has 0 saturated heterocycles. The Bertz CT molecular complexity index is 514. The number of carbonyl (C=O) groups is 1. The Balaban J connectivity index is 2.75. The molecule has 0 aromatic heterocycles. The number of benzene rings is 1. The van der Waals surface area contributed by atoms with Crippen molar-refractivity contribution in [3.8, 4) is 5.75 Å². The normalized spacial score (nSPS) is 11.2. The van der Waals surface area contributed by atoms with Crippen molar-refractivity contribution in [2.45, 2.75) is 25.9 Å². The van der Waals surface area contributed by atoms with E-state index < -0.39 is 23.2 Å². The summed E-state index contributed by atoms with van der Waals surface area (Å²) in [6, 6.07) is 3.58. The van der Waals surface area contributed by atoms with Crippen LogP contribution in [0.3, 0.4) is 0 Å². The monoisotopic (exact) mass is 291 g/mol. The molecule has 1 aromatic rings. The highest BCUT2D eigenvalue weighted by Gasteiger charge is 2.26. The summed E-state index contributed by atoms with van der Waals surface area (Å²) in [5.74, 6) is -0.501. The summed E-state index contributed by atoms with van der Waals surface area (Å²) in [7, 11) is 0. The predicted octanol–water partition coefficient (Wildman–Crippen LogP) is 3.52. The Morgan fingerprint density at radius 2 is 2.05 bits per heavy atom. The minimum absolute atomic E-state index is 0.138. The SMILES string of the molecule is CC(=O)c1ccc(OCCCC(F)(F)F)c([N+](=O)[O-])c1. The summed E-state index contributed by atoms with van der Waals surface area (Å²) in [4.78, 5) is 21.2. The molecule has 0 amide bonds. The molecule has 110 valence electrons. The van der Waals surface area contributed by atoms with Crippen LogP contribution in [0.2, 0.25) is 0 Å². The van der Waals surface area contributed by atoms with Gasteiger partial charge in [-0.05, 0) is 25.5 Å². The molecule has 0 atom stereocenters. The molecule has 0 bridgehead atoms. The van der Waals surface area contributed by atoms with E-state index in [9.17, 15) is 28.1 Å². The Hall–Kier alpha value is -2.12. The zero-order valence-corrected chi connectivity index (χ0v) is 10.6. The molecule has 0 aliphatic rings. The van der Waals surface area contributed by atoms with Crippen molar-refractivity contribution in [2.75, 3.05) is 6.61 Å². The minimum Gasteiger partial charge on any atom is -0.487 e. The number of ether oxygens (including phenoxy) is 1. The van der Waals surface area contributed by atoms with Gasteiger partial charge in [-0.1, -0.05) is 0 Å². The second-order valence-corrected chi connectivity index (χ2v) is 4.06. The number of rotatable bonds is 6. The van der Waals surface area contributed by atoms with Crippen LogP contribution in [0, 0.1) is 10.1 Å². The maximum Gasteiger partial charge on any atom is 0.389 e. The third kappa shape index (κ3) is 4.87. The number of nitro benzene ring substituents is 1. The van der Waals surface area contributed by atoms with Crippen molar-refractivity contribution in [1.29, 1.82) is 0 Å². The largest absolute Gasteiger partial charge is 0.487 e. The lowest BCUT2D eigenvalue weighted by Gasteiger charge is -2.09. The first-order chi connectivity index (χ1) is 9.20. The van der Waals surface area contributed by atoms with E-state index in [1.54, 1.807) is 0 Å². The van der Waals surface area contributed by atoms with Gasteiger partial charge >= 0.3 is 11.9 Å². The number of hydrogen-bond acceptors (Lipinski definition) is 4. The summed E-state index contributed by atoms with van der Waals surface area (Å²) < 4.78 is 40.8. The first kappa shape index (κ1) is 15.9. The average molecular weight is 291 g/mol. The molecule has 8 heteroatoms. The number of nitro groups is 1. The zero-order valence-electron chi connectivity index (χ0n) is 10.6. The van der Waals surface area contributed by atoms with Crippen LogP contribution in [0.15, 0.2) is 18.2 Å². The zero-order chi connectivity index (χ0) is 15.3. The molecule has 0 aliphatic heterocycles. The Morgan fingerprint density at radius 1 is 1.40 bits per heavy atom. The molecule has 0 unspecified atom stereocenters. The van der Waals surface area contributed by atoms with Crippen molar-refractivity contribution in [3.05, 3.63) is 33.9 Å². The van der Waals surface area contributed by atoms with Crippen molar-refractivity contribution in [2.24, 2.45) is 0 Å². The van der Waals surface area contributed by atoms with E-state index >= 15 is 0 Å². The number of hydrogen-bond donors (Lipinski definition) is 0. The lowest BCUT2D eigenvalue weighted by molar-refractivity contribution is -0.385. The lowest BCUT2D eigenvalue weighted by atomic mass is 10.1. The molecule has 0 saturated carbocycles. The first-order valence-corrected chi connectivity index (χ1v) is 5.69. The topological polar surface area (TPSA) is 69.4 Å². The van der Waals surface area contributed by atoms with Crippen LogP contribution < -0.4 is 4.74 Å². The van der Waals surface area contributed by atoms with Crippen molar-refractivity contribution in [3.63, 3.8) is 0 Å². The van der Waals surface area contributed by atoms with Crippen molar-refractivity contribution < 1.29 is 27.6 Å². The van der Waals surface area contributed by atoms with Gasteiger partial charge in [0, 0.05) is 18.1 Å². The van der Waals surface area contributed by atoms with Crippen LogP contribution in [0.4, 0.5) is 18.9 Å². The second kappa shape index (κ2) is 6.36. The molecule has 1 aromatic carbocycles. The quantitative estimate of drug-likeness (QED) is 0.348. The highest BCUT2D eigenvalue weighted by Crippen LogP contribution is 2.29. The van der Waals surface area contributed by atoms with Crippen LogP contribution in [-0.4, -0.2) is 23.5 Å². The Morgan fingerprint density at radius 3 is 2.55 bits per heavy atom. The fourth-order valence-corrected chi connectivity index (χ4v) is 1.46. The molecule has 0 heterocycles. The Kier molecular flexibility index (Phi) is 5.06. The molecular formula is C12H12F3NO4. The van der Waals surface area contributed by atoms with Gasteiger partial charge < -0.3 is 4.74 Å². The van der Waals surface area contributed by atoms with Crippen LogP contribution >= 0.6 is 0 Å². The van der Waals surface area contributed by atoms with Gasteiger partial charge in [0.1, 0.15) is 0 Å². The Labute approximate surface area is 112 Å². The predicted molar refractivity (Wildman–Crippen MR) is 63.9 cm³/mol. The fourth-order valence-electron chi connectivity index (χ4n) is 1.46. The smallest absolute Gasteiger partial charge is 0.389 e. The van der Waals surface area contributed by atoms with Crippen LogP contribution in [0.25, 0.3) is 0 Å². The van der Waals surface area contributed by atoms with Crippen LogP contribution in [0.1, 0.15) is 30.1 Å². The molecule has 1 rings (SSSR count). The van der Waals surface area contributed by atoms with Gasteiger partial charge in [0.2, 0.25) is 0 Å². The van der Waals surface area contributed by atoms with Crippen LogP contribution in [0.5, 0.6) is 5.75 Å². The lowest BCUT2D eigenvalue weighted by Crippen LogP contribution is -2.10. The summed E-state index contributed by atoms with van der Waals surface area (Å²) in [5, 5.41) is 10.8. The number of ketones is 1. The number of Topliss-reactive ketones (excluding diaryl/α,β-unsaturated/α-hetero) is 1. The van der Waals surface area contributed by atoms with Gasteiger partial charge in [0.15, 0.2) is 11.5 Å². The maximum atomic E-state index is 11.9. The highest BCUT2D eigenvalue weighted by molar-refractivity contribution is 5.95. The standard InChI is InChI=1S/C12H12F3NO4/c1-8(17)9-3-4-11(10(7-9)16(18)19)20-6-2-5-12(13,14)15/h3-4,7H,2,5-6H2,1H3. The summed E-state index contributed by atoms with van der Waals surface area (Å²) in [5.41, 5.74) is -0.302. The third-order valence-corrected chi connectivity index (χ3v) is 2.42. The van der Waals surface area contributed by atoms with E-state index in [0.717, 1.165) is 6.07 Å². The minimum atomic E-state index is -4.28. The molecule has 5 nitrogen and oxygen atoms in total. The summed E-state index contributed by atoms with van der Waals surface area (Å²) in [6.07, 6.45) is -5.60. The van der Waals surface area contributed by atoms with Crippen molar-refractivity contribution >= 4 is 11.5 Å². The maximum absolute atomic E-state index is 11.9. The molecule has 0 fully saturated rings. The highest BCUT2D eigenvalue weighted by atomic mass is 19.4. The number of alkyl halides is 3. The van der Waals surface area contributed by atoms with Gasteiger partial charge in [-0.25, -0.2) is 0 Å². The molecule has 0 spiro atoms. The van der Waals surface area contributed by atoms with Crippen molar-refractivity contribution in [1.82, 2.24) is 0 Å². The second-order valence-electron chi connectivity index (χ2n) is 4.06. The van der Waals surface area contributed by atoms with Crippen LogP contribution in [-0.2, 0) is 0 Å². The van der Waals surface area contributed by atoms with E-state index in [1.807, 2.05) is 0 Å². The fraction of sp³-hybridized carbons (Fsp3) is 0.417. The molecular weight excluding hydrogens is 279 g/mol. The van der Waals surface area contributed by atoms with Gasteiger partial charge in [0.25, 0.3) is 0 Å². The number of halogens is 3. The van der Waals surface area contributed by atoms with Gasteiger partial charge in [-0.3, -0.25) is 14.9 Å². The van der Waals surface area contributed by atoms with E-state index in [4.69, 9.17) is 4.74 Å². The summed E-state index contributed by atoms with van der Waals surface area (Å²) >= 11 is 0. The van der Waals surface area contributed by atoms with Gasteiger partial charge in [-0.15, -0.1) is 0 Å². The van der Waals surface area contributed by atoms with Gasteiger partial charge in [-0.2, -0.15) is 13.2 Å². The number of carbonyl (C=O) groups excluding carboxylic acids is 1. The number of nitrogens with zero attached hydrogens (tertiary/aromatic N) is 1. The molecule has 0 N–H and O–H groups in total. The average Bonchev–Trinajstić information content (AvgIpc) is 2.33. The van der Waals surface area contributed by atoms with E-state index in [2.05, 4.69) is 0 Å². The van der Waals surface area contributed by atoms with E-state index in [-0.39, 0.29) is 30.1 Å². The van der Waals surface area contributed by atoms with Gasteiger partial charge in [0.05, 0.1) is 11.5 Å². The van der Waals surface area contributed by atoms with E-state index in [1.165, 1.54) is 19.1 Å². The molecule has 20 heavy (non-hydrogen) atoms.